The maximum atomic E-state index is 11.2. The van der Waals surface area contributed by atoms with E-state index in [4.69, 9.17) is 9.47 Å². The Balaban J connectivity index is 2.60. The van der Waals surface area contributed by atoms with E-state index in [1.165, 1.54) is 0 Å². The summed E-state index contributed by atoms with van der Waals surface area (Å²) >= 11 is 0. The van der Waals surface area contributed by atoms with Crippen molar-refractivity contribution >= 4 is 5.97 Å². The Bertz CT molecular complexity index is 389. The van der Waals surface area contributed by atoms with E-state index < -0.39 is 12.1 Å². The normalized spacial score (nSPS) is 11.9. The molecule has 0 aromatic heterocycles. The maximum Gasteiger partial charge on any atom is 0.344 e. The van der Waals surface area contributed by atoms with Gasteiger partial charge in [-0.2, -0.15) is 0 Å². The highest BCUT2D eigenvalue weighted by Crippen LogP contribution is 2.27. The molecule has 1 aromatic rings. The van der Waals surface area contributed by atoms with Gasteiger partial charge in [-0.3, -0.25) is 0 Å². The van der Waals surface area contributed by atoms with Crippen molar-refractivity contribution in [2.45, 2.75) is 45.1 Å². The van der Waals surface area contributed by atoms with E-state index in [0.717, 1.165) is 25.7 Å². The fourth-order valence-electron chi connectivity index (χ4n) is 1.86. The van der Waals surface area contributed by atoms with Crippen molar-refractivity contribution in [3.05, 3.63) is 24.3 Å². The van der Waals surface area contributed by atoms with Crippen LogP contribution in [0.4, 0.5) is 0 Å². The summed E-state index contributed by atoms with van der Waals surface area (Å²) in [4.78, 5) is 11.2. The van der Waals surface area contributed by atoms with Crippen molar-refractivity contribution in [2.75, 3.05) is 7.11 Å². The Hall–Kier alpha value is -1.71. The van der Waals surface area contributed by atoms with Crippen LogP contribution >= 0.6 is 0 Å². The molecule has 0 fully saturated rings. The summed E-state index contributed by atoms with van der Waals surface area (Å²) in [6.45, 7) is 2.13. The van der Waals surface area contributed by atoms with Gasteiger partial charge in [-0.05, 0) is 25.0 Å². The highest BCUT2D eigenvalue weighted by atomic mass is 16.5. The lowest BCUT2D eigenvalue weighted by molar-refractivity contribution is -0.145. The number of carbonyl (C=O) groups is 1. The van der Waals surface area contributed by atoms with Gasteiger partial charge in [0, 0.05) is 0 Å². The van der Waals surface area contributed by atoms with E-state index in [2.05, 4.69) is 6.92 Å². The summed E-state index contributed by atoms with van der Waals surface area (Å²) in [5.41, 5.74) is 0. The van der Waals surface area contributed by atoms with Gasteiger partial charge >= 0.3 is 5.97 Å². The van der Waals surface area contributed by atoms with Crippen molar-refractivity contribution in [3.8, 4) is 11.5 Å². The number of methoxy groups -OCH3 is 1. The molecule has 0 spiro atoms. The van der Waals surface area contributed by atoms with Crippen molar-refractivity contribution < 1.29 is 19.4 Å². The molecule has 1 N–H and O–H groups in total. The monoisotopic (exact) mass is 266 g/mol. The minimum atomic E-state index is -0.928. The van der Waals surface area contributed by atoms with Gasteiger partial charge in [0.15, 0.2) is 17.6 Å². The molecule has 0 aliphatic carbocycles. The molecule has 0 amide bonds. The number of ether oxygens (including phenoxy) is 2. The minimum absolute atomic E-state index is 0.480. The number of carboxylic acid groups (broad SMARTS) is 1. The third kappa shape index (κ3) is 5.20. The van der Waals surface area contributed by atoms with Crippen LogP contribution in [0.3, 0.4) is 0 Å². The number of benzene rings is 1. The predicted octanol–water partition coefficient (Wildman–Crippen LogP) is 3.50. The Morgan fingerprint density at radius 1 is 1.21 bits per heavy atom. The second-order valence-corrected chi connectivity index (χ2v) is 4.44. The summed E-state index contributed by atoms with van der Waals surface area (Å²) in [6, 6.07) is 7.10. The molecule has 1 aromatic carbocycles. The Morgan fingerprint density at radius 2 is 1.89 bits per heavy atom. The van der Waals surface area contributed by atoms with E-state index in [-0.39, 0.29) is 0 Å². The summed E-state index contributed by atoms with van der Waals surface area (Å²) in [5, 5.41) is 9.19. The van der Waals surface area contributed by atoms with Crippen LogP contribution in [0.15, 0.2) is 24.3 Å². The van der Waals surface area contributed by atoms with Crippen molar-refractivity contribution in [2.24, 2.45) is 0 Å². The number of hydrogen-bond donors (Lipinski definition) is 1. The molecule has 1 unspecified atom stereocenters. The van der Waals surface area contributed by atoms with Gasteiger partial charge in [0.05, 0.1) is 7.11 Å². The third-order valence-corrected chi connectivity index (χ3v) is 2.93. The summed E-state index contributed by atoms with van der Waals surface area (Å²) in [6.07, 6.45) is 3.86. The standard InChI is InChI=1S/C15H22O4/c1-3-4-5-6-11-14(15(16)17)19-13-10-8-7-9-12(13)18-2/h7-10,14H,3-6,11H2,1-2H3,(H,16,17). The molecule has 0 saturated carbocycles. The zero-order chi connectivity index (χ0) is 14.1. The first-order chi connectivity index (χ1) is 9.19. The molecule has 4 heteroatoms. The topological polar surface area (TPSA) is 55.8 Å². The minimum Gasteiger partial charge on any atom is -0.493 e. The van der Waals surface area contributed by atoms with Gasteiger partial charge < -0.3 is 14.6 Å². The van der Waals surface area contributed by atoms with Crippen molar-refractivity contribution in [1.82, 2.24) is 0 Å². The number of rotatable bonds is 9. The molecule has 0 aliphatic rings. The van der Waals surface area contributed by atoms with Gasteiger partial charge in [-0.1, -0.05) is 38.3 Å². The van der Waals surface area contributed by atoms with E-state index in [9.17, 15) is 9.90 Å². The lowest BCUT2D eigenvalue weighted by Crippen LogP contribution is -2.27. The second-order valence-electron chi connectivity index (χ2n) is 4.44. The van der Waals surface area contributed by atoms with Crippen LogP contribution < -0.4 is 9.47 Å². The average Bonchev–Trinajstić information content (AvgIpc) is 2.42. The fraction of sp³-hybridized carbons (Fsp3) is 0.533. The smallest absolute Gasteiger partial charge is 0.344 e. The molecular weight excluding hydrogens is 244 g/mol. The summed E-state index contributed by atoms with van der Waals surface area (Å²) in [5.74, 6) is 0.109. The van der Waals surface area contributed by atoms with Crippen LogP contribution in [0.5, 0.6) is 11.5 Å². The van der Waals surface area contributed by atoms with Crippen LogP contribution in [-0.4, -0.2) is 24.3 Å². The predicted molar refractivity (Wildman–Crippen MR) is 73.8 cm³/mol. The molecule has 0 heterocycles. The lowest BCUT2D eigenvalue weighted by atomic mass is 10.1. The maximum absolute atomic E-state index is 11.2. The van der Waals surface area contributed by atoms with Crippen LogP contribution in [0, 0.1) is 0 Å². The lowest BCUT2D eigenvalue weighted by Gasteiger charge is -2.16. The largest absolute Gasteiger partial charge is 0.493 e. The number of para-hydroxylation sites is 2. The number of carboxylic acids is 1. The Labute approximate surface area is 114 Å². The van der Waals surface area contributed by atoms with E-state index >= 15 is 0 Å². The first-order valence-corrected chi connectivity index (χ1v) is 6.71. The molecule has 0 saturated heterocycles. The SMILES string of the molecule is CCCCCCC(Oc1ccccc1OC)C(=O)O. The molecule has 1 rings (SSSR count). The van der Waals surface area contributed by atoms with E-state index in [0.29, 0.717) is 17.9 Å². The molecule has 0 radical (unpaired) electrons. The average molecular weight is 266 g/mol. The van der Waals surface area contributed by atoms with Gasteiger partial charge in [0.2, 0.25) is 0 Å². The van der Waals surface area contributed by atoms with E-state index in [1.807, 2.05) is 6.07 Å². The second kappa shape index (κ2) is 8.40. The molecule has 106 valence electrons. The molecule has 1 atom stereocenters. The van der Waals surface area contributed by atoms with Crippen LogP contribution in [-0.2, 0) is 4.79 Å². The first-order valence-electron chi connectivity index (χ1n) is 6.71. The highest BCUT2D eigenvalue weighted by Gasteiger charge is 2.20. The number of unbranched alkanes of at least 4 members (excludes halogenated alkanes) is 3. The Morgan fingerprint density at radius 3 is 2.47 bits per heavy atom. The first kappa shape index (κ1) is 15.3. The van der Waals surface area contributed by atoms with Gasteiger partial charge in [-0.15, -0.1) is 0 Å². The van der Waals surface area contributed by atoms with Gasteiger partial charge in [-0.25, -0.2) is 4.79 Å². The van der Waals surface area contributed by atoms with Crippen LogP contribution in [0.2, 0.25) is 0 Å². The summed E-state index contributed by atoms with van der Waals surface area (Å²) in [7, 11) is 1.54. The third-order valence-electron chi connectivity index (χ3n) is 2.93. The van der Waals surface area contributed by atoms with E-state index in [1.54, 1.807) is 25.3 Å². The number of aliphatic carboxylic acids is 1. The molecule has 0 bridgehead atoms. The molecular formula is C15H22O4. The van der Waals surface area contributed by atoms with Crippen molar-refractivity contribution in [3.63, 3.8) is 0 Å². The molecule has 0 aliphatic heterocycles. The Kier molecular flexibility index (Phi) is 6.79. The van der Waals surface area contributed by atoms with Crippen LogP contribution in [0.1, 0.15) is 39.0 Å². The van der Waals surface area contributed by atoms with Gasteiger partial charge in [0.1, 0.15) is 0 Å². The summed E-state index contributed by atoms with van der Waals surface area (Å²) < 4.78 is 10.7. The number of hydrogen-bond acceptors (Lipinski definition) is 3. The fourth-order valence-corrected chi connectivity index (χ4v) is 1.86. The highest BCUT2D eigenvalue weighted by molar-refractivity contribution is 5.72. The zero-order valence-electron chi connectivity index (χ0n) is 11.6. The zero-order valence-corrected chi connectivity index (χ0v) is 11.6. The van der Waals surface area contributed by atoms with Gasteiger partial charge in [0.25, 0.3) is 0 Å². The molecule has 4 nitrogen and oxygen atoms in total. The quantitative estimate of drug-likeness (QED) is 0.695. The van der Waals surface area contributed by atoms with Crippen molar-refractivity contribution in [1.29, 1.82) is 0 Å². The molecule has 19 heavy (non-hydrogen) atoms. The van der Waals surface area contributed by atoms with Crippen LogP contribution in [0.25, 0.3) is 0 Å².